The van der Waals surface area contributed by atoms with Crippen LogP contribution in [0.25, 0.3) is 23.8 Å². The second kappa shape index (κ2) is 6.76. The molecule has 4 rings (SSSR count). The van der Waals surface area contributed by atoms with Crippen LogP contribution in [0.2, 0.25) is 0 Å². The van der Waals surface area contributed by atoms with E-state index in [9.17, 15) is 4.79 Å². The first-order valence-corrected chi connectivity index (χ1v) is 8.36. The molecule has 2 heterocycles. The van der Waals surface area contributed by atoms with E-state index in [1.165, 1.54) is 0 Å². The molecule has 0 bridgehead atoms. The number of carbonyl (C=O) groups excluding carboxylic acids is 1. The number of hydrogen-bond acceptors (Lipinski definition) is 2. The van der Waals surface area contributed by atoms with Crippen LogP contribution in [-0.2, 0) is 4.79 Å². The fourth-order valence-corrected chi connectivity index (χ4v) is 3.05. The van der Waals surface area contributed by atoms with Crippen LogP contribution in [0, 0.1) is 0 Å². The van der Waals surface area contributed by atoms with Crippen LogP contribution in [0.3, 0.4) is 0 Å². The minimum absolute atomic E-state index is 0.0834. The van der Waals surface area contributed by atoms with Gasteiger partial charge in [0.05, 0.1) is 12.7 Å². The van der Waals surface area contributed by atoms with Crippen molar-refractivity contribution in [3.8, 4) is 5.75 Å². The Balaban J connectivity index is 1.72. The highest BCUT2D eigenvalue weighted by atomic mass is 16.5. The maximum absolute atomic E-state index is 12.4. The van der Waals surface area contributed by atoms with Crippen LogP contribution in [0.15, 0.2) is 60.8 Å². The number of methoxy groups -OCH3 is 1. The van der Waals surface area contributed by atoms with E-state index >= 15 is 0 Å². The number of ether oxygens (including phenoxy) is 1. The number of nitrogens with one attached hydrogen (secondary N) is 2. The molecule has 0 atom stereocenters. The second-order valence-electron chi connectivity index (χ2n) is 6.01. The summed E-state index contributed by atoms with van der Waals surface area (Å²) in [5.74, 6) is 0.744. The van der Waals surface area contributed by atoms with Crippen LogP contribution < -0.4 is 10.1 Å². The molecule has 0 spiro atoms. The van der Waals surface area contributed by atoms with Crippen LogP contribution in [0.4, 0.5) is 5.69 Å². The number of amides is 1. The molecule has 1 aromatic heterocycles. The molecule has 0 unspecified atom stereocenters. The van der Waals surface area contributed by atoms with E-state index in [-0.39, 0.29) is 5.91 Å². The van der Waals surface area contributed by atoms with Gasteiger partial charge in [-0.05, 0) is 47.5 Å². The van der Waals surface area contributed by atoms with E-state index in [4.69, 9.17) is 4.74 Å². The monoisotopic (exact) mass is 342 g/mol. The summed E-state index contributed by atoms with van der Waals surface area (Å²) in [4.78, 5) is 15.5. The smallest absolute Gasteiger partial charge is 0.256 e. The lowest BCUT2D eigenvalue weighted by atomic mass is 9.98. The van der Waals surface area contributed by atoms with Gasteiger partial charge in [-0.15, -0.1) is 0 Å². The fourth-order valence-electron chi connectivity index (χ4n) is 3.05. The molecule has 1 aliphatic heterocycles. The standard InChI is InChI=1S/C22H18N2O2/c1-26-18-11-8-15(9-12-18)7-10-16-4-2-6-20-21(16)19(22(25)24-20)14-17-5-3-13-23-17/h2-14,23H,1H3,(H,24,25)/b10-7+,19-14-. The summed E-state index contributed by atoms with van der Waals surface area (Å²) in [7, 11) is 1.65. The second-order valence-corrected chi connectivity index (χ2v) is 6.01. The summed E-state index contributed by atoms with van der Waals surface area (Å²) >= 11 is 0. The van der Waals surface area contributed by atoms with Crippen molar-refractivity contribution in [2.24, 2.45) is 0 Å². The molecule has 0 radical (unpaired) electrons. The zero-order valence-electron chi connectivity index (χ0n) is 14.3. The number of aromatic nitrogens is 1. The van der Waals surface area contributed by atoms with Crippen molar-refractivity contribution in [1.82, 2.24) is 4.98 Å². The van der Waals surface area contributed by atoms with E-state index in [0.717, 1.165) is 33.8 Å². The largest absolute Gasteiger partial charge is 0.497 e. The molecule has 0 saturated heterocycles. The molecular weight excluding hydrogens is 324 g/mol. The zero-order chi connectivity index (χ0) is 17.9. The van der Waals surface area contributed by atoms with Gasteiger partial charge in [0.2, 0.25) is 0 Å². The quantitative estimate of drug-likeness (QED) is 0.534. The van der Waals surface area contributed by atoms with Gasteiger partial charge in [-0.25, -0.2) is 0 Å². The number of fused-ring (bicyclic) bond motifs is 1. The van der Waals surface area contributed by atoms with Crippen molar-refractivity contribution in [3.05, 3.63) is 83.2 Å². The third kappa shape index (κ3) is 3.05. The Bertz CT molecular complexity index is 997. The number of carbonyl (C=O) groups is 1. The molecule has 2 aromatic carbocycles. The first-order chi connectivity index (χ1) is 12.7. The van der Waals surface area contributed by atoms with E-state index < -0.39 is 0 Å². The minimum atomic E-state index is -0.0834. The van der Waals surface area contributed by atoms with Crippen molar-refractivity contribution >= 4 is 35.4 Å². The van der Waals surface area contributed by atoms with Crippen LogP contribution in [0.1, 0.15) is 22.4 Å². The summed E-state index contributed by atoms with van der Waals surface area (Å²) in [5, 5.41) is 2.94. The average molecular weight is 342 g/mol. The summed E-state index contributed by atoms with van der Waals surface area (Å²) in [5.41, 5.74) is 5.39. The maximum atomic E-state index is 12.4. The third-order valence-corrected chi connectivity index (χ3v) is 4.35. The molecule has 0 fully saturated rings. The topological polar surface area (TPSA) is 54.1 Å². The van der Waals surface area contributed by atoms with Gasteiger partial charge in [0.25, 0.3) is 5.91 Å². The number of hydrogen-bond donors (Lipinski definition) is 2. The summed E-state index contributed by atoms with van der Waals surface area (Å²) in [6, 6.07) is 17.6. The lowest BCUT2D eigenvalue weighted by molar-refractivity contribution is -0.110. The molecule has 4 nitrogen and oxygen atoms in total. The normalized spacial score (nSPS) is 14.7. The van der Waals surface area contributed by atoms with Crippen LogP contribution >= 0.6 is 0 Å². The molecule has 0 saturated carbocycles. The van der Waals surface area contributed by atoms with Gasteiger partial charge in [-0.3, -0.25) is 4.79 Å². The van der Waals surface area contributed by atoms with Crippen LogP contribution in [0.5, 0.6) is 5.75 Å². The molecule has 1 aliphatic rings. The molecule has 0 aliphatic carbocycles. The molecular formula is C22H18N2O2. The Hall–Kier alpha value is -3.53. The van der Waals surface area contributed by atoms with Gasteiger partial charge in [-0.2, -0.15) is 0 Å². The first-order valence-electron chi connectivity index (χ1n) is 8.36. The number of H-pyrrole nitrogens is 1. The van der Waals surface area contributed by atoms with E-state index in [2.05, 4.69) is 10.3 Å². The lowest BCUT2D eigenvalue weighted by Crippen LogP contribution is -2.03. The summed E-state index contributed by atoms with van der Waals surface area (Å²) < 4.78 is 5.19. The molecule has 128 valence electrons. The Morgan fingerprint density at radius 3 is 2.54 bits per heavy atom. The van der Waals surface area contributed by atoms with Gasteiger partial charge in [0.1, 0.15) is 5.75 Å². The van der Waals surface area contributed by atoms with Crippen LogP contribution in [-0.4, -0.2) is 18.0 Å². The van der Waals surface area contributed by atoms with E-state index in [1.807, 2.05) is 79.0 Å². The zero-order valence-corrected chi connectivity index (χ0v) is 14.3. The average Bonchev–Trinajstić information content (AvgIpc) is 3.29. The van der Waals surface area contributed by atoms with Gasteiger partial charge in [-0.1, -0.05) is 36.4 Å². The molecule has 1 amide bonds. The van der Waals surface area contributed by atoms with Gasteiger partial charge < -0.3 is 15.0 Å². The lowest BCUT2D eigenvalue weighted by Gasteiger charge is -2.04. The summed E-state index contributed by atoms with van der Waals surface area (Å²) in [6.07, 6.45) is 7.79. The molecule has 3 aromatic rings. The predicted octanol–water partition coefficient (Wildman–Crippen LogP) is 4.69. The van der Waals surface area contributed by atoms with Gasteiger partial charge in [0, 0.05) is 23.1 Å². The highest BCUT2D eigenvalue weighted by Gasteiger charge is 2.26. The molecule has 2 N–H and O–H groups in total. The Labute approximate surface area is 151 Å². The highest BCUT2D eigenvalue weighted by Crippen LogP contribution is 2.36. The Kier molecular flexibility index (Phi) is 4.15. The number of aromatic amines is 1. The number of anilines is 1. The predicted molar refractivity (Wildman–Crippen MR) is 106 cm³/mol. The Morgan fingerprint density at radius 2 is 1.81 bits per heavy atom. The van der Waals surface area contributed by atoms with Crippen molar-refractivity contribution in [3.63, 3.8) is 0 Å². The van der Waals surface area contributed by atoms with Gasteiger partial charge in [0.15, 0.2) is 0 Å². The molecule has 26 heavy (non-hydrogen) atoms. The Morgan fingerprint density at radius 1 is 0.962 bits per heavy atom. The number of rotatable bonds is 4. The third-order valence-electron chi connectivity index (χ3n) is 4.35. The van der Waals surface area contributed by atoms with Crippen molar-refractivity contribution in [2.45, 2.75) is 0 Å². The van der Waals surface area contributed by atoms with Gasteiger partial charge >= 0.3 is 0 Å². The number of benzene rings is 2. The summed E-state index contributed by atoms with van der Waals surface area (Å²) in [6.45, 7) is 0. The van der Waals surface area contributed by atoms with E-state index in [1.54, 1.807) is 7.11 Å². The maximum Gasteiger partial charge on any atom is 0.256 e. The van der Waals surface area contributed by atoms with Crippen molar-refractivity contribution < 1.29 is 9.53 Å². The highest BCUT2D eigenvalue weighted by molar-refractivity contribution is 6.35. The molecule has 4 heteroatoms. The van der Waals surface area contributed by atoms with E-state index in [0.29, 0.717) is 5.57 Å². The minimum Gasteiger partial charge on any atom is -0.497 e. The van der Waals surface area contributed by atoms with Crippen molar-refractivity contribution in [1.29, 1.82) is 0 Å². The fraction of sp³-hybridized carbons (Fsp3) is 0.0455. The SMILES string of the molecule is COc1ccc(/C=C/c2cccc3c2/C(=C/c2ccc[nH]2)C(=O)N3)cc1. The van der Waals surface area contributed by atoms with Crippen molar-refractivity contribution in [2.75, 3.05) is 12.4 Å². The first kappa shape index (κ1) is 16.0.